The van der Waals surface area contributed by atoms with E-state index in [-0.39, 0.29) is 41.6 Å². The third kappa shape index (κ3) is 3.71. The number of primary amides is 1. The van der Waals surface area contributed by atoms with E-state index in [9.17, 15) is 18.8 Å². The minimum atomic E-state index is -0.910. The van der Waals surface area contributed by atoms with Crippen molar-refractivity contribution < 1.29 is 14.0 Å². The van der Waals surface area contributed by atoms with Gasteiger partial charge in [0.15, 0.2) is 22.9 Å². The molecule has 0 aliphatic heterocycles. The summed E-state index contributed by atoms with van der Waals surface area (Å²) in [6.07, 6.45) is 1.48. The van der Waals surface area contributed by atoms with Gasteiger partial charge in [-0.05, 0) is 12.1 Å². The smallest absolute Gasteiger partial charge is 0.331 e. The summed E-state index contributed by atoms with van der Waals surface area (Å²) in [5.74, 6) is -1.74. The highest BCUT2D eigenvalue weighted by atomic mass is 19.1. The van der Waals surface area contributed by atoms with Crippen LogP contribution in [-0.2, 0) is 13.1 Å². The molecule has 2 aromatic heterocycles. The highest BCUT2D eigenvalue weighted by Gasteiger charge is 2.24. The standard InChI is InChI=1S/C23H18FN5O3/c1-2-11-28-22-19(29(23(28)32)13-17(30)14-7-4-3-5-8-14)18(20(25)31)26-21(27-22)15-9-6-10-16(24)12-15/h2-10,12H,1,11,13H2,(H2,25,31). The first kappa shape index (κ1) is 20.9. The zero-order chi connectivity index (χ0) is 22.8. The third-order valence-electron chi connectivity index (χ3n) is 4.88. The molecule has 32 heavy (non-hydrogen) atoms. The summed E-state index contributed by atoms with van der Waals surface area (Å²) >= 11 is 0. The van der Waals surface area contributed by atoms with Crippen LogP contribution in [0.15, 0.2) is 72.0 Å². The number of Topliss-reactive ketones (excluding diaryl/α,β-unsaturated/α-hetero) is 1. The van der Waals surface area contributed by atoms with Crippen molar-refractivity contribution in [3.8, 4) is 11.4 Å². The van der Waals surface area contributed by atoms with Gasteiger partial charge < -0.3 is 5.73 Å². The van der Waals surface area contributed by atoms with Crippen LogP contribution in [-0.4, -0.2) is 30.8 Å². The summed E-state index contributed by atoms with van der Waals surface area (Å²) in [7, 11) is 0. The van der Waals surface area contributed by atoms with Crippen LogP contribution in [0.2, 0.25) is 0 Å². The maximum atomic E-state index is 13.7. The molecule has 4 rings (SSSR count). The van der Waals surface area contributed by atoms with Gasteiger partial charge in [-0.1, -0.05) is 48.5 Å². The molecule has 8 nitrogen and oxygen atoms in total. The minimum Gasteiger partial charge on any atom is -0.364 e. The van der Waals surface area contributed by atoms with Gasteiger partial charge in [0.25, 0.3) is 5.91 Å². The van der Waals surface area contributed by atoms with Gasteiger partial charge in [0.05, 0.1) is 6.54 Å². The second-order valence-electron chi connectivity index (χ2n) is 7.00. The summed E-state index contributed by atoms with van der Waals surface area (Å²) in [5, 5.41) is 0. The molecular weight excluding hydrogens is 413 g/mol. The number of carbonyl (C=O) groups excluding carboxylic acids is 2. The topological polar surface area (TPSA) is 113 Å². The number of fused-ring (bicyclic) bond motifs is 1. The van der Waals surface area contributed by atoms with Crippen LogP contribution < -0.4 is 11.4 Å². The second kappa shape index (κ2) is 8.38. The molecule has 0 radical (unpaired) electrons. The molecule has 2 N–H and O–H groups in total. The fraction of sp³-hybridized carbons (Fsp3) is 0.0870. The number of rotatable bonds is 7. The fourth-order valence-corrected chi connectivity index (χ4v) is 3.44. The van der Waals surface area contributed by atoms with Gasteiger partial charge >= 0.3 is 5.69 Å². The average Bonchev–Trinajstić information content (AvgIpc) is 3.05. The zero-order valence-electron chi connectivity index (χ0n) is 16.9. The maximum absolute atomic E-state index is 13.7. The monoisotopic (exact) mass is 431 g/mol. The van der Waals surface area contributed by atoms with Crippen LogP contribution in [0.1, 0.15) is 20.8 Å². The van der Waals surface area contributed by atoms with Crippen molar-refractivity contribution in [2.24, 2.45) is 5.73 Å². The average molecular weight is 431 g/mol. The highest BCUT2D eigenvalue weighted by molar-refractivity contribution is 6.03. The summed E-state index contributed by atoms with van der Waals surface area (Å²) in [6, 6.07) is 14.0. The van der Waals surface area contributed by atoms with Gasteiger partial charge in [-0.25, -0.2) is 19.2 Å². The van der Waals surface area contributed by atoms with Crippen LogP contribution in [0.3, 0.4) is 0 Å². The number of halogens is 1. The Kier molecular flexibility index (Phi) is 5.46. The predicted octanol–water partition coefficient (Wildman–Crippen LogP) is 2.57. The third-order valence-corrected chi connectivity index (χ3v) is 4.88. The summed E-state index contributed by atoms with van der Waals surface area (Å²) in [4.78, 5) is 46.9. The number of ketones is 1. The molecule has 0 fully saturated rings. The van der Waals surface area contributed by atoms with Crippen molar-refractivity contribution in [2.45, 2.75) is 13.1 Å². The van der Waals surface area contributed by atoms with E-state index in [0.717, 1.165) is 4.57 Å². The molecule has 0 aliphatic carbocycles. The van der Waals surface area contributed by atoms with Gasteiger partial charge in [-0.3, -0.25) is 18.7 Å². The van der Waals surface area contributed by atoms with Crippen LogP contribution in [0.4, 0.5) is 4.39 Å². The van der Waals surface area contributed by atoms with Crippen molar-refractivity contribution >= 4 is 22.9 Å². The zero-order valence-corrected chi connectivity index (χ0v) is 16.9. The van der Waals surface area contributed by atoms with Crippen molar-refractivity contribution in [1.82, 2.24) is 19.1 Å². The Morgan fingerprint density at radius 3 is 2.47 bits per heavy atom. The number of amides is 1. The number of nitrogens with two attached hydrogens (primary N) is 1. The van der Waals surface area contributed by atoms with Gasteiger partial charge in [-0.15, -0.1) is 6.58 Å². The van der Waals surface area contributed by atoms with E-state index in [4.69, 9.17) is 5.73 Å². The number of imidazole rings is 1. The van der Waals surface area contributed by atoms with E-state index in [1.165, 1.54) is 28.8 Å². The fourth-order valence-electron chi connectivity index (χ4n) is 3.44. The Morgan fingerprint density at radius 2 is 1.81 bits per heavy atom. The van der Waals surface area contributed by atoms with Crippen LogP contribution >= 0.6 is 0 Å². The Morgan fingerprint density at radius 1 is 1.06 bits per heavy atom. The van der Waals surface area contributed by atoms with Gasteiger partial charge in [0.2, 0.25) is 0 Å². The Hall–Kier alpha value is -4.40. The molecule has 0 spiro atoms. The van der Waals surface area contributed by atoms with Crippen LogP contribution in [0.5, 0.6) is 0 Å². The molecule has 9 heteroatoms. The number of nitrogens with zero attached hydrogens (tertiary/aromatic N) is 4. The highest BCUT2D eigenvalue weighted by Crippen LogP contribution is 2.22. The van der Waals surface area contributed by atoms with Crippen molar-refractivity contribution in [3.63, 3.8) is 0 Å². The van der Waals surface area contributed by atoms with E-state index < -0.39 is 17.4 Å². The Balaban J connectivity index is 1.98. The normalized spacial score (nSPS) is 10.9. The Labute approximate surface area is 181 Å². The minimum absolute atomic E-state index is 0.0233. The van der Waals surface area contributed by atoms with Crippen molar-refractivity contribution in [3.05, 3.63) is 94.8 Å². The molecule has 0 atom stereocenters. The number of benzene rings is 2. The maximum Gasteiger partial charge on any atom is 0.331 e. The van der Waals surface area contributed by atoms with Gasteiger partial charge in [0.1, 0.15) is 11.3 Å². The second-order valence-corrected chi connectivity index (χ2v) is 7.00. The van der Waals surface area contributed by atoms with E-state index >= 15 is 0 Å². The summed E-state index contributed by atoms with van der Waals surface area (Å²) in [6.45, 7) is 3.38. The van der Waals surface area contributed by atoms with E-state index in [2.05, 4.69) is 16.5 Å². The van der Waals surface area contributed by atoms with Crippen molar-refractivity contribution in [2.75, 3.05) is 0 Å². The number of hydrogen-bond acceptors (Lipinski definition) is 5. The summed E-state index contributed by atoms with van der Waals surface area (Å²) in [5.41, 5.74) is 5.60. The quantitative estimate of drug-likeness (QED) is 0.357. The van der Waals surface area contributed by atoms with E-state index in [1.54, 1.807) is 36.4 Å². The molecular formula is C23H18FN5O3. The number of aromatic nitrogens is 4. The van der Waals surface area contributed by atoms with Crippen LogP contribution in [0, 0.1) is 5.82 Å². The molecule has 0 saturated carbocycles. The first-order chi connectivity index (χ1) is 15.4. The first-order valence-corrected chi connectivity index (χ1v) is 9.66. The number of hydrogen-bond donors (Lipinski definition) is 1. The van der Waals surface area contributed by atoms with E-state index in [1.807, 2.05) is 0 Å². The van der Waals surface area contributed by atoms with Crippen molar-refractivity contribution in [1.29, 1.82) is 0 Å². The Bertz CT molecular complexity index is 1420. The molecule has 0 unspecified atom stereocenters. The molecule has 2 heterocycles. The lowest BCUT2D eigenvalue weighted by atomic mass is 10.1. The first-order valence-electron chi connectivity index (χ1n) is 9.66. The van der Waals surface area contributed by atoms with Gasteiger partial charge in [0, 0.05) is 17.7 Å². The molecule has 0 aliphatic rings. The van der Waals surface area contributed by atoms with Crippen LogP contribution in [0.25, 0.3) is 22.6 Å². The number of allylic oxidation sites excluding steroid dienone is 1. The SMILES string of the molecule is C=CCn1c(=O)n(CC(=O)c2ccccc2)c2c(C(N)=O)nc(-c3cccc(F)c3)nc21. The molecule has 2 aromatic carbocycles. The molecule has 160 valence electrons. The van der Waals surface area contributed by atoms with Gasteiger partial charge in [-0.2, -0.15) is 0 Å². The molecule has 0 bridgehead atoms. The van der Waals surface area contributed by atoms with E-state index in [0.29, 0.717) is 11.1 Å². The molecule has 0 saturated heterocycles. The summed E-state index contributed by atoms with van der Waals surface area (Å²) < 4.78 is 16.1. The lowest BCUT2D eigenvalue weighted by Crippen LogP contribution is -2.27. The molecule has 1 amide bonds. The lowest BCUT2D eigenvalue weighted by Gasteiger charge is -2.07. The number of carbonyl (C=O) groups is 2. The lowest BCUT2D eigenvalue weighted by molar-refractivity contribution is 0.0966. The predicted molar refractivity (Wildman–Crippen MR) is 117 cm³/mol. The largest absolute Gasteiger partial charge is 0.364 e. The molecule has 4 aromatic rings.